The molecular formula is C18H18N3O6S-. The lowest BCUT2D eigenvalue weighted by atomic mass is 10.2. The van der Waals surface area contributed by atoms with Gasteiger partial charge in [0, 0.05) is 36.6 Å². The van der Waals surface area contributed by atoms with Gasteiger partial charge in [0.1, 0.15) is 6.09 Å². The Kier molecular flexibility index (Phi) is 5.61. The molecule has 148 valence electrons. The molecule has 0 atom stereocenters. The van der Waals surface area contributed by atoms with Gasteiger partial charge in [-0.1, -0.05) is 6.42 Å². The number of nitro benzene ring substituents is 1. The number of anilines is 2. The molecule has 0 saturated carbocycles. The number of carbonyl (C=O) groups is 1. The lowest BCUT2D eigenvalue weighted by Gasteiger charge is -2.27. The van der Waals surface area contributed by atoms with Crippen molar-refractivity contribution >= 4 is 33.2 Å². The summed E-state index contributed by atoms with van der Waals surface area (Å²) in [5.74, 6) is 0. The molecule has 1 saturated heterocycles. The highest BCUT2D eigenvalue weighted by Crippen LogP contribution is 2.29. The third-order valence-corrected chi connectivity index (χ3v) is 6.46. The Hall–Kier alpha value is -2.98. The Balaban J connectivity index is 1.89. The average molecular weight is 404 g/mol. The average Bonchev–Trinajstić information content (AvgIpc) is 2.69. The van der Waals surface area contributed by atoms with Crippen LogP contribution in [-0.4, -0.2) is 36.8 Å². The molecule has 3 rings (SSSR count). The number of hydrogen-bond donors (Lipinski definition) is 0. The van der Waals surface area contributed by atoms with Crippen molar-refractivity contribution in [2.75, 3.05) is 18.0 Å². The summed E-state index contributed by atoms with van der Waals surface area (Å²) in [6.07, 6.45) is 1.09. The Morgan fingerprint density at radius 2 is 1.43 bits per heavy atom. The first-order chi connectivity index (χ1) is 13.3. The molecule has 0 bridgehead atoms. The van der Waals surface area contributed by atoms with E-state index >= 15 is 0 Å². The number of carboxylic acid groups (broad SMARTS) is 1. The SMILES string of the molecule is O=C([O-])N(c1ccc([N+](=O)[O-])cc1)c1ccc(S(=O)(=O)N2CCCCC2)cc1. The molecule has 10 heteroatoms. The van der Waals surface area contributed by atoms with E-state index in [1.807, 2.05) is 0 Å². The van der Waals surface area contributed by atoms with Crippen molar-refractivity contribution in [3.8, 4) is 0 Å². The zero-order chi connectivity index (χ0) is 20.3. The first-order valence-electron chi connectivity index (χ1n) is 8.66. The van der Waals surface area contributed by atoms with E-state index in [1.165, 1.54) is 52.8 Å². The molecule has 0 spiro atoms. The lowest BCUT2D eigenvalue weighted by molar-refractivity contribution is -0.384. The highest BCUT2D eigenvalue weighted by molar-refractivity contribution is 7.89. The molecular weight excluding hydrogens is 386 g/mol. The van der Waals surface area contributed by atoms with Gasteiger partial charge in [-0.05, 0) is 49.2 Å². The number of benzene rings is 2. The van der Waals surface area contributed by atoms with Gasteiger partial charge in [0.2, 0.25) is 10.0 Å². The van der Waals surface area contributed by atoms with Gasteiger partial charge in [0.15, 0.2) is 0 Å². The predicted molar refractivity (Wildman–Crippen MR) is 99.7 cm³/mol. The number of non-ortho nitro benzene ring substituents is 1. The summed E-state index contributed by atoms with van der Waals surface area (Å²) in [5, 5.41) is 22.4. The maximum atomic E-state index is 12.7. The topological polar surface area (TPSA) is 124 Å². The number of rotatable bonds is 5. The maximum absolute atomic E-state index is 12.7. The summed E-state index contributed by atoms with van der Waals surface area (Å²) in [5.41, 5.74) is 0.147. The van der Waals surface area contributed by atoms with Gasteiger partial charge in [0.05, 0.1) is 9.82 Å². The second kappa shape index (κ2) is 7.95. The van der Waals surface area contributed by atoms with E-state index in [4.69, 9.17) is 0 Å². The maximum Gasteiger partial charge on any atom is 0.269 e. The molecule has 1 heterocycles. The minimum absolute atomic E-state index is 0.0835. The molecule has 1 aliphatic rings. The van der Waals surface area contributed by atoms with Gasteiger partial charge in [-0.25, -0.2) is 8.42 Å². The van der Waals surface area contributed by atoms with E-state index in [2.05, 4.69) is 0 Å². The molecule has 2 aromatic rings. The molecule has 0 radical (unpaired) electrons. The molecule has 1 fully saturated rings. The van der Waals surface area contributed by atoms with Gasteiger partial charge >= 0.3 is 0 Å². The second-order valence-corrected chi connectivity index (χ2v) is 8.27. The normalized spacial score (nSPS) is 15.1. The number of piperidine rings is 1. The van der Waals surface area contributed by atoms with Crippen LogP contribution < -0.4 is 10.0 Å². The molecule has 1 amide bonds. The van der Waals surface area contributed by atoms with Crippen LogP contribution in [-0.2, 0) is 10.0 Å². The Labute approximate surface area is 162 Å². The van der Waals surface area contributed by atoms with Crippen LogP contribution in [0.15, 0.2) is 53.4 Å². The molecule has 0 aromatic heterocycles. The van der Waals surface area contributed by atoms with E-state index in [1.54, 1.807) is 0 Å². The monoisotopic (exact) mass is 404 g/mol. The van der Waals surface area contributed by atoms with Gasteiger partial charge in [-0.2, -0.15) is 4.31 Å². The Bertz CT molecular complexity index is 967. The van der Waals surface area contributed by atoms with E-state index in [9.17, 15) is 28.4 Å². The minimum Gasteiger partial charge on any atom is -0.529 e. The predicted octanol–water partition coefficient (Wildman–Crippen LogP) is 2.25. The van der Waals surface area contributed by atoms with Crippen molar-refractivity contribution < 1.29 is 23.2 Å². The van der Waals surface area contributed by atoms with E-state index in [0.717, 1.165) is 24.2 Å². The smallest absolute Gasteiger partial charge is 0.269 e. The van der Waals surface area contributed by atoms with E-state index in [0.29, 0.717) is 13.1 Å². The van der Waals surface area contributed by atoms with Crippen LogP contribution in [0.3, 0.4) is 0 Å². The van der Waals surface area contributed by atoms with Crippen molar-refractivity contribution in [1.29, 1.82) is 0 Å². The number of amides is 1. The van der Waals surface area contributed by atoms with E-state index in [-0.39, 0.29) is 22.0 Å². The molecule has 9 nitrogen and oxygen atoms in total. The van der Waals surface area contributed by atoms with Gasteiger partial charge < -0.3 is 9.90 Å². The van der Waals surface area contributed by atoms with Crippen molar-refractivity contribution in [2.24, 2.45) is 0 Å². The number of nitrogens with zero attached hydrogens (tertiary/aromatic N) is 3. The Morgan fingerprint density at radius 3 is 1.89 bits per heavy atom. The molecule has 28 heavy (non-hydrogen) atoms. The van der Waals surface area contributed by atoms with Crippen LogP contribution in [0.5, 0.6) is 0 Å². The fraction of sp³-hybridized carbons (Fsp3) is 0.278. The summed E-state index contributed by atoms with van der Waals surface area (Å²) in [6, 6.07) is 10.4. The highest BCUT2D eigenvalue weighted by atomic mass is 32.2. The molecule has 0 N–H and O–H groups in total. The quantitative estimate of drug-likeness (QED) is 0.556. The fourth-order valence-corrected chi connectivity index (χ4v) is 4.62. The van der Waals surface area contributed by atoms with Gasteiger partial charge in [0.25, 0.3) is 5.69 Å². The minimum atomic E-state index is -3.63. The Morgan fingerprint density at radius 1 is 0.929 bits per heavy atom. The van der Waals surface area contributed by atoms with Crippen LogP contribution in [0.4, 0.5) is 21.9 Å². The third kappa shape index (κ3) is 3.97. The summed E-state index contributed by atoms with van der Waals surface area (Å²) >= 11 is 0. The summed E-state index contributed by atoms with van der Waals surface area (Å²) in [6.45, 7) is 0.941. The standard InChI is InChI=1S/C18H19N3O6S/c22-18(23)20(14-4-6-16(7-5-14)21(24)25)15-8-10-17(11-9-15)28(26,27)19-12-2-1-3-13-19/h4-11H,1-3,12-13H2,(H,22,23)/p-1. The molecule has 2 aromatic carbocycles. The first kappa shape index (κ1) is 19.8. The fourth-order valence-electron chi connectivity index (χ4n) is 3.10. The second-order valence-electron chi connectivity index (χ2n) is 6.33. The van der Waals surface area contributed by atoms with Gasteiger partial charge in [-0.3, -0.25) is 15.0 Å². The van der Waals surface area contributed by atoms with Crippen molar-refractivity contribution in [1.82, 2.24) is 4.31 Å². The van der Waals surface area contributed by atoms with Crippen molar-refractivity contribution in [3.05, 3.63) is 58.6 Å². The van der Waals surface area contributed by atoms with E-state index < -0.39 is 21.0 Å². The van der Waals surface area contributed by atoms with Crippen LogP contribution in [0.25, 0.3) is 0 Å². The lowest BCUT2D eigenvalue weighted by Crippen LogP contribution is -2.38. The zero-order valence-electron chi connectivity index (χ0n) is 14.9. The highest BCUT2D eigenvalue weighted by Gasteiger charge is 2.26. The van der Waals surface area contributed by atoms with Crippen molar-refractivity contribution in [2.45, 2.75) is 24.2 Å². The summed E-state index contributed by atoms with van der Waals surface area (Å²) < 4.78 is 26.8. The summed E-state index contributed by atoms with van der Waals surface area (Å²) in [4.78, 5) is 22.7. The number of hydrogen-bond acceptors (Lipinski definition) is 6. The van der Waals surface area contributed by atoms with Crippen LogP contribution in [0, 0.1) is 10.1 Å². The van der Waals surface area contributed by atoms with Crippen LogP contribution >= 0.6 is 0 Å². The van der Waals surface area contributed by atoms with Crippen molar-refractivity contribution in [3.63, 3.8) is 0 Å². The molecule has 0 aliphatic carbocycles. The zero-order valence-corrected chi connectivity index (χ0v) is 15.7. The number of carbonyl (C=O) groups excluding carboxylic acids is 1. The third-order valence-electron chi connectivity index (χ3n) is 4.55. The van der Waals surface area contributed by atoms with Crippen LogP contribution in [0.2, 0.25) is 0 Å². The molecule has 1 aliphatic heterocycles. The van der Waals surface area contributed by atoms with Gasteiger partial charge in [-0.15, -0.1) is 0 Å². The number of sulfonamides is 1. The summed E-state index contributed by atoms with van der Waals surface area (Å²) in [7, 11) is -3.63. The largest absolute Gasteiger partial charge is 0.529 e. The van der Waals surface area contributed by atoms with Crippen LogP contribution in [0.1, 0.15) is 19.3 Å². The molecule has 0 unspecified atom stereocenters. The first-order valence-corrected chi connectivity index (χ1v) is 10.1. The number of nitro groups is 1.